The van der Waals surface area contributed by atoms with Crippen molar-refractivity contribution in [3.05, 3.63) is 59.2 Å². The fraction of sp³-hybridized carbons (Fsp3) is 0.318. The number of para-hydroxylation sites is 1. The van der Waals surface area contributed by atoms with Gasteiger partial charge in [0.15, 0.2) is 6.61 Å². The van der Waals surface area contributed by atoms with Crippen LogP contribution < -0.4 is 5.32 Å². The van der Waals surface area contributed by atoms with Crippen LogP contribution in [0.2, 0.25) is 0 Å². The zero-order valence-corrected chi connectivity index (χ0v) is 17.1. The number of anilines is 1. The summed E-state index contributed by atoms with van der Waals surface area (Å²) in [5.74, 6) is -1.38. The molecule has 1 amide bonds. The molecule has 2 aromatic carbocycles. The van der Waals surface area contributed by atoms with E-state index in [1.165, 1.54) is 29.3 Å². The second kappa shape index (κ2) is 10.1. The molecular weight excluding hydrogens is 390 g/mol. The molecule has 0 spiro atoms. The highest BCUT2D eigenvalue weighted by Gasteiger charge is 2.16. The molecule has 0 aromatic heterocycles. The number of thioether (sulfide) groups is 1. The summed E-state index contributed by atoms with van der Waals surface area (Å²) in [6, 6.07) is 12.8. The van der Waals surface area contributed by atoms with Crippen LogP contribution in [0.3, 0.4) is 0 Å². The first kappa shape index (κ1) is 20.9. The summed E-state index contributed by atoms with van der Waals surface area (Å²) in [7, 11) is 0. The summed E-state index contributed by atoms with van der Waals surface area (Å²) in [6.45, 7) is 1.53. The average molecular weight is 413 g/mol. The Morgan fingerprint density at radius 3 is 2.66 bits per heavy atom. The van der Waals surface area contributed by atoms with E-state index in [4.69, 9.17) is 9.47 Å². The van der Waals surface area contributed by atoms with Crippen molar-refractivity contribution in [1.82, 2.24) is 0 Å². The Morgan fingerprint density at radius 2 is 1.83 bits per heavy atom. The number of amides is 1. The Hall–Kier alpha value is -2.80. The Balaban J connectivity index is 1.46. The van der Waals surface area contributed by atoms with Crippen molar-refractivity contribution in [3.8, 4) is 0 Å². The highest BCUT2D eigenvalue weighted by Crippen LogP contribution is 2.27. The van der Waals surface area contributed by atoms with Gasteiger partial charge in [-0.3, -0.25) is 9.59 Å². The number of benzene rings is 2. The number of aryl methyl sites for hydroxylation is 2. The molecule has 0 fully saturated rings. The summed E-state index contributed by atoms with van der Waals surface area (Å²) < 4.78 is 10.0. The number of ether oxygens (including phenoxy) is 2. The fourth-order valence-corrected chi connectivity index (χ4v) is 3.89. The number of fused-ring (bicyclic) bond motifs is 1. The van der Waals surface area contributed by atoms with Gasteiger partial charge in [-0.25, -0.2) is 4.79 Å². The van der Waals surface area contributed by atoms with Gasteiger partial charge in [-0.2, -0.15) is 0 Å². The largest absolute Gasteiger partial charge is 0.462 e. The minimum atomic E-state index is -0.522. The number of esters is 2. The molecule has 3 rings (SSSR count). The van der Waals surface area contributed by atoms with Crippen LogP contribution in [-0.2, 0) is 31.9 Å². The number of carbonyl (C=O) groups excluding carboxylic acids is 3. The zero-order valence-electron chi connectivity index (χ0n) is 16.2. The Morgan fingerprint density at radius 1 is 1.03 bits per heavy atom. The highest BCUT2D eigenvalue weighted by atomic mass is 32.2. The maximum Gasteiger partial charge on any atom is 0.340 e. The number of nitrogens with one attached hydrogen (secondary N) is 1. The van der Waals surface area contributed by atoms with E-state index in [2.05, 4.69) is 17.4 Å². The maximum atomic E-state index is 12.1. The SMILES string of the molecule is CCOC(=O)c1ccccc1NC(=O)COC(=O)CSc1ccc2c(c1)CCC2. The molecule has 0 atom stereocenters. The van der Waals surface area contributed by atoms with Gasteiger partial charge in [-0.15, -0.1) is 11.8 Å². The lowest BCUT2D eigenvalue weighted by Gasteiger charge is -2.10. The Bertz CT molecular complexity index is 912. The summed E-state index contributed by atoms with van der Waals surface area (Å²) in [5.41, 5.74) is 3.31. The smallest absolute Gasteiger partial charge is 0.340 e. The molecule has 1 aliphatic carbocycles. The first-order valence-corrected chi connectivity index (χ1v) is 10.5. The number of rotatable bonds is 8. The molecule has 0 radical (unpaired) electrons. The molecule has 0 unspecified atom stereocenters. The standard InChI is InChI=1S/C22H23NO5S/c1-2-27-22(26)18-8-3-4-9-19(18)23-20(24)13-28-21(25)14-29-17-11-10-15-6-5-7-16(15)12-17/h3-4,8-12H,2,5-7,13-14H2,1H3,(H,23,24). The normalized spacial score (nSPS) is 12.2. The molecule has 152 valence electrons. The molecule has 0 saturated heterocycles. The van der Waals surface area contributed by atoms with Crippen LogP contribution in [0.15, 0.2) is 47.4 Å². The van der Waals surface area contributed by atoms with E-state index in [1.54, 1.807) is 31.2 Å². The second-order valence-corrected chi connectivity index (χ2v) is 7.60. The van der Waals surface area contributed by atoms with Crippen molar-refractivity contribution in [3.63, 3.8) is 0 Å². The average Bonchev–Trinajstić information content (AvgIpc) is 3.19. The quantitative estimate of drug-likeness (QED) is 0.526. The van der Waals surface area contributed by atoms with Crippen molar-refractivity contribution in [2.75, 3.05) is 24.3 Å². The van der Waals surface area contributed by atoms with Gasteiger partial charge in [0.25, 0.3) is 5.91 Å². The van der Waals surface area contributed by atoms with Gasteiger partial charge in [-0.05, 0) is 61.6 Å². The lowest BCUT2D eigenvalue weighted by atomic mass is 10.1. The molecule has 1 aliphatic rings. The van der Waals surface area contributed by atoms with Crippen LogP contribution in [0.1, 0.15) is 34.8 Å². The van der Waals surface area contributed by atoms with Gasteiger partial charge in [0.05, 0.1) is 23.6 Å². The van der Waals surface area contributed by atoms with Crippen molar-refractivity contribution in [2.24, 2.45) is 0 Å². The van der Waals surface area contributed by atoms with E-state index in [-0.39, 0.29) is 17.9 Å². The minimum Gasteiger partial charge on any atom is -0.462 e. The molecule has 1 N–H and O–H groups in total. The van der Waals surface area contributed by atoms with Gasteiger partial charge in [0.1, 0.15) is 0 Å². The zero-order chi connectivity index (χ0) is 20.6. The topological polar surface area (TPSA) is 81.7 Å². The number of carbonyl (C=O) groups is 3. The van der Waals surface area contributed by atoms with Gasteiger partial charge >= 0.3 is 11.9 Å². The predicted molar refractivity (Wildman–Crippen MR) is 111 cm³/mol. The molecule has 0 heterocycles. The molecular formula is C22H23NO5S. The van der Waals surface area contributed by atoms with Crippen LogP contribution >= 0.6 is 11.8 Å². The van der Waals surface area contributed by atoms with Crippen LogP contribution in [0.25, 0.3) is 0 Å². The number of hydrogen-bond donors (Lipinski definition) is 1. The van der Waals surface area contributed by atoms with Crippen LogP contribution in [0.5, 0.6) is 0 Å². The summed E-state index contributed by atoms with van der Waals surface area (Å²) in [6.07, 6.45) is 3.39. The van der Waals surface area contributed by atoms with Crippen molar-refractivity contribution < 1.29 is 23.9 Å². The predicted octanol–water partition coefficient (Wildman–Crippen LogP) is 3.63. The van der Waals surface area contributed by atoms with Crippen LogP contribution in [0, 0.1) is 0 Å². The van der Waals surface area contributed by atoms with Crippen LogP contribution in [0.4, 0.5) is 5.69 Å². The van der Waals surface area contributed by atoms with Gasteiger partial charge < -0.3 is 14.8 Å². The molecule has 0 aliphatic heterocycles. The molecule has 2 aromatic rings. The van der Waals surface area contributed by atoms with Crippen molar-refractivity contribution in [2.45, 2.75) is 31.1 Å². The highest BCUT2D eigenvalue weighted by molar-refractivity contribution is 8.00. The lowest BCUT2D eigenvalue weighted by Crippen LogP contribution is -2.23. The van der Waals surface area contributed by atoms with Crippen molar-refractivity contribution >= 4 is 35.3 Å². The third kappa shape index (κ3) is 5.84. The third-order valence-electron chi connectivity index (χ3n) is 4.49. The Labute approximate surface area is 174 Å². The van der Waals surface area contributed by atoms with Gasteiger partial charge in [0.2, 0.25) is 0 Å². The van der Waals surface area contributed by atoms with Crippen molar-refractivity contribution in [1.29, 1.82) is 0 Å². The molecule has 29 heavy (non-hydrogen) atoms. The molecule has 7 heteroatoms. The summed E-state index contributed by atoms with van der Waals surface area (Å²) in [5, 5.41) is 2.58. The van der Waals surface area contributed by atoms with E-state index >= 15 is 0 Å². The molecule has 0 bridgehead atoms. The first-order valence-electron chi connectivity index (χ1n) is 9.53. The Kier molecular flexibility index (Phi) is 7.30. The first-order chi connectivity index (χ1) is 14.1. The van der Waals surface area contributed by atoms with E-state index in [0.29, 0.717) is 5.69 Å². The van der Waals surface area contributed by atoms with Gasteiger partial charge in [0, 0.05) is 4.90 Å². The van der Waals surface area contributed by atoms with E-state index in [9.17, 15) is 14.4 Å². The van der Waals surface area contributed by atoms with E-state index < -0.39 is 24.5 Å². The monoisotopic (exact) mass is 413 g/mol. The van der Waals surface area contributed by atoms with E-state index in [0.717, 1.165) is 17.7 Å². The lowest BCUT2D eigenvalue weighted by molar-refractivity contribution is -0.144. The summed E-state index contributed by atoms with van der Waals surface area (Å²) in [4.78, 5) is 37.0. The molecule has 0 saturated carbocycles. The fourth-order valence-electron chi connectivity index (χ4n) is 3.13. The molecule has 6 nitrogen and oxygen atoms in total. The van der Waals surface area contributed by atoms with E-state index in [1.807, 2.05) is 6.07 Å². The second-order valence-electron chi connectivity index (χ2n) is 6.55. The maximum absolute atomic E-state index is 12.1. The third-order valence-corrected chi connectivity index (χ3v) is 5.45. The van der Waals surface area contributed by atoms with Crippen LogP contribution in [-0.4, -0.2) is 36.8 Å². The number of hydrogen-bond acceptors (Lipinski definition) is 6. The minimum absolute atomic E-state index is 0.130. The van der Waals surface area contributed by atoms with Gasteiger partial charge in [-0.1, -0.05) is 18.2 Å². The summed E-state index contributed by atoms with van der Waals surface area (Å²) >= 11 is 1.39.